The lowest BCUT2D eigenvalue weighted by Gasteiger charge is -2.42. The minimum Gasteiger partial charge on any atom is -0.309 e. The van der Waals surface area contributed by atoms with E-state index in [-0.39, 0.29) is 0 Å². The monoisotopic (exact) mass is 274 g/mol. The van der Waals surface area contributed by atoms with Crippen LogP contribution in [0.1, 0.15) is 45.7 Å². The Morgan fingerprint density at radius 2 is 1.90 bits per heavy atom. The Morgan fingerprint density at radius 3 is 2.50 bits per heavy atom. The average Bonchev–Trinajstić information content (AvgIpc) is 2.48. The lowest BCUT2D eigenvalue weighted by Crippen LogP contribution is -2.48. The summed E-state index contributed by atoms with van der Waals surface area (Å²) < 4.78 is 0. The van der Waals surface area contributed by atoms with Crippen molar-refractivity contribution < 1.29 is 0 Å². The Hall–Kier alpha value is -0.860. The molecule has 1 aromatic rings. The lowest BCUT2D eigenvalue weighted by atomic mass is 9.87. The first-order valence-corrected chi connectivity index (χ1v) is 8.15. The second kappa shape index (κ2) is 7.24. The van der Waals surface area contributed by atoms with Crippen molar-refractivity contribution in [3.8, 4) is 0 Å². The van der Waals surface area contributed by atoms with Gasteiger partial charge in [0.2, 0.25) is 0 Å². The van der Waals surface area contributed by atoms with Gasteiger partial charge in [-0.2, -0.15) is 0 Å². The fourth-order valence-corrected chi connectivity index (χ4v) is 3.32. The molecule has 4 atom stereocenters. The van der Waals surface area contributed by atoms with Gasteiger partial charge in [-0.15, -0.1) is 0 Å². The van der Waals surface area contributed by atoms with E-state index in [1.165, 1.54) is 25.1 Å². The highest BCUT2D eigenvalue weighted by Gasteiger charge is 2.30. The topological polar surface area (TPSA) is 15.3 Å². The van der Waals surface area contributed by atoms with Crippen molar-refractivity contribution in [3.63, 3.8) is 0 Å². The highest BCUT2D eigenvalue weighted by atomic mass is 15.2. The van der Waals surface area contributed by atoms with Crippen molar-refractivity contribution in [2.24, 2.45) is 11.8 Å². The summed E-state index contributed by atoms with van der Waals surface area (Å²) in [7, 11) is 0. The fraction of sp³-hybridized carbons (Fsp3) is 0.667. The number of likely N-dealkylation sites (N-methyl/N-ethyl adjacent to an activating group) is 1. The second-order valence-corrected chi connectivity index (χ2v) is 6.42. The van der Waals surface area contributed by atoms with Gasteiger partial charge in [0.25, 0.3) is 0 Å². The zero-order chi connectivity index (χ0) is 14.5. The molecule has 4 unspecified atom stereocenters. The molecule has 20 heavy (non-hydrogen) atoms. The predicted octanol–water partition coefficient (Wildman–Crippen LogP) is 3.70. The first-order valence-electron chi connectivity index (χ1n) is 8.15. The van der Waals surface area contributed by atoms with Crippen molar-refractivity contribution >= 4 is 0 Å². The van der Waals surface area contributed by atoms with Crippen LogP contribution < -0.4 is 5.32 Å². The van der Waals surface area contributed by atoms with Crippen LogP contribution in [0.2, 0.25) is 0 Å². The standard InChI is InChI=1S/C18H30N2/c1-5-19-18(17-9-7-6-8-10-17)16(4)20-12-11-14(2)15(3)13-20/h6-10,14-16,18-19H,5,11-13H2,1-4H3. The number of likely N-dealkylation sites (tertiary alicyclic amines) is 1. The maximum atomic E-state index is 3.68. The minimum atomic E-state index is 0.432. The summed E-state index contributed by atoms with van der Waals surface area (Å²) in [5.74, 6) is 1.68. The molecule has 0 amide bonds. The molecular formula is C18H30N2. The van der Waals surface area contributed by atoms with Gasteiger partial charge in [-0.3, -0.25) is 4.90 Å². The summed E-state index contributed by atoms with van der Waals surface area (Å²) >= 11 is 0. The molecule has 0 aromatic heterocycles. The summed E-state index contributed by atoms with van der Waals surface area (Å²) in [5.41, 5.74) is 1.41. The first kappa shape index (κ1) is 15.5. The molecule has 1 heterocycles. The van der Waals surface area contributed by atoms with E-state index < -0.39 is 0 Å². The predicted molar refractivity (Wildman–Crippen MR) is 86.8 cm³/mol. The molecule has 1 aliphatic rings. The third kappa shape index (κ3) is 3.62. The van der Waals surface area contributed by atoms with Crippen molar-refractivity contribution in [2.75, 3.05) is 19.6 Å². The van der Waals surface area contributed by atoms with E-state index in [1.54, 1.807) is 0 Å². The average molecular weight is 274 g/mol. The van der Waals surface area contributed by atoms with Gasteiger partial charge in [0, 0.05) is 18.6 Å². The van der Waals surface area contributed by atoms with Crippen molar-refractivity contribution in [1.29, 1.82) is 0 Å². The van der Waals surface area contributed by atoms with Crippen LogP contribution in [-0.2, 0) is 0 Å². The van der Waals surface area contributed by atoms with Gasteiger partial charge in [-0.1, -0.05) is 51.1 Å². The van der Waals surface area contributed by atoms with E-state index in [4.69, 9.17) is 0 Å². The third-order valence-corrected chi connectivity index (χ3v) is 5.01. The number of hydrogen-bond acceptors (Lipinski definition) is 2. The smallest absolute Gasteiger partial charge is 0.0475 e. The van der Waals surface area contributed by atoms with Crippen LogP contribution in [0, 0.1) is 11.8 Å². The molecule has 2 nitrogen and oxygen atoms in total. The molecule has 0 bridgehead atoms. The number of piperidine rings is 1. The zero-order valence-electron chi connectivity index (χ0n) is 13.5. The Balaban J connectivity index is 2.09. The Bertz CT molecular complexity index is 390. The largest absolute Gasteiger partial charge is 0.309 e. The Kier molecular flexibility index (Phi) is 5.62. The van der Waals surface area contributed by atoms with Crippen molar-refractivity contribution in [1.82, 2.24) is 10.2 Å². The number of nitrogens with one attached hydrogen (secondary N) is 1. The van der Waals surface area contributed by atoms with E-state index >= 15 is 0 Å². The van der Waals surface area contributed by atoms with E-state index in [1.807, 2.05) is 0 Å². The highest BCUT2D eigenvalue weighted by Crippen LogP contribution is 2.28. The van der Waals surface area contributed by atoms with Crippen LogP contribution >= 0.6 is 0 Å². The maximum absolute atomic E-state index is 3.68. The summed E-state index contributed by atoms with van der Waals surface area (Å²) in [6.45, 7) is 12.9. The molecule has 0 radical (unpaired) electrons. The summed E-state index contributed by atoms with van der Waals surface area (Å²) in [6.07, 6.45) is 1.33. The highest BCUT2D eigenvalue weighted by molar-refractivity contribution is 5.20. The van der Waals surface area contributed by atoms with Crippen LogP contribution in [0.25, 0.3) is 0 Å². The van der Waals surface area contributed by atoms with Crippen LogP contribution in [0.3, 0.4) is 0 Å². The first-order chi connectivity index (χ1) is 9.63. The van der Waals surface area contributed by atoms with Crippen LogP contribution in [-0.4, -0.2) is 30.6 Å². The van der Waals surface area contributed by atoms with Gasteiger partial charge < -0.3 is 5.32 Å². The number of rotatable bonds is 5. The van der Waals surface area contributed by atoms with Gasteiger partial charge in [0.05, 0.1) is 0 Å². The fourth-order valence-electron chi connectivity index (χ4n) is 3.32. The molecule has 1 N–H and O–H groups in total. The van der Waals surface area contributed by atoms with Crippen LogP contribution in [0.5, 0.6) is 0 Å². The van der Waals surface area contributed by atoms with Gasteiger partial charge >= 0.3 is 0 Å². The SMILES string of the molecule is CCNC(c1ccccc1)C(C)N1CCC(C)C(C)C1. The molecular weight excluding hydrogens is 244 g/mol. The normalized spacial score (nSPS) is 27.2. The summed E-state index contributed by atoms with van der Waals surface area (Å²) in [4.78, 5) is 2.67. The maximum Gasteiger partial charge on any atom is 0.0475 e. The second-order valence-electron chi connectivity index (χ2n) is 6.42. The van der Waals surface area contributed by atoms with Gasteiger partial charge in [0.15, 0.2) is 0 Å². The number of benzene rings is 1. The molecule has 1 aliphatic heterocycles. The molecule has 0 aliphatic carbocycles. The molecule has 1 aromatic carbocycles. The molecule has 1 saturated heterocycles. The molecule has 0 spiro atoms. The lowest BCUT2D eigenvalue weighted by molar-refractivity contribution is 0.0841. The third-order valence-electron chi connectivity index (χ3n) is 5.01. The van der Waals surface area contributed by atoms with Gasteiger partial charge in [-0.25, -0.2) is 0 Å². The number of nitrogens with zero attached hydrogens (tertiary/aromatic N) is 1. The van der Waals surface area contributed by atoms with Crippen LogP contribution in [0.4, 0.5) is 0 Å². The molecule has 112 valence electrons. The number of hydrogen-bond donors (Lipinski definition) is 1. The van der Waals surface area contributed by atoms with E-state index in [0.29, 0.717) is 12.1 Å². The van der Waals surface area contributed by atoms with Crippen molar-refractivity contribution in [2.45, 2.75) is 46.2 Å². The molecule has 2 heteroatoms. The summed E-state index contributed by atoms with van der Waals surface area (Å²) in [5, 5.41) is 3.68. The summed E-state index contributed by atoms with van der Waals surface area (Å²) in [6, 6.07) is 11.9. The Morgan fingerprint density at radius 1 is 1.20 bits per heavy atom. The molecule has 1 fully saturated rings. The van der Waals surface area contributed by atoms with Crippen molar-refractivity contribution in [3.05, 3.63) is 35.9 Å². The molecule has 0 saturated carbocycles. The Labute approximate surface area is 124 Å². The van der Waals surface area contributed by atoms with E-state index in [2.05, 4.69) is 68.2 Å². The van der Waals surface area contributed by atoms with Gasteiger partial charge in [0.1, 0.15) is 0 Å². The zero-order valence-corrected chi connectivity index (χ0v) is 13.5. The molecule has 2 rings (SSSR count). The minimum absolute atomic E-state index is 0.432. The quantitative estimate of drug-likeness (QED) is 0.880. The van der Waals surface area contributed by atoms with Crippen LogP contribution in [0.15, 0.2) is 30.3 Å². The van der Waals surface area contributed by atoms with E-state index in [0.717, 1.165) is 18.4 Å². The van der Waals surface area contributed by atoms with E-state index in [9.17, 15) is 0 Å². The van der Waals surface area contributed by atoms with Gasteiger partial charge in [-0.05, 0) is 43.8 Å².